The summed E-state index contributed by atoms with van der Waals surface area (Å²) < 4.78 is 1.59. The predicted molar refractivity (Wildman–Crippen MR) is 81.6 cm³/mol. The third-order valence-corrected chi connectivity index (χ3v) is 4.25. The van der Waals surface area contributed by atoms with Crippen molar-refractivity contribution in [3.05, 3.63) is 41.2 Å². The summed E-state index contributed by atoms with van der Waals surface area (Å²) >= 11 is 0. The molecule has 0 spiro atoms. The summed E-state index contributed by atoms with van der Waals surface area (Å²) in [7, 11) is 0. The number of hydrogen-bond acceptors (Lipinski definition) is 5. The van der Waals surface area contributed by atoms with Gasteiger partial charge in [0.2, 0.25) is 5.91 Å². The number of nitrogens with one attached hydrogen (secondary N) is 1. The highest BCUT2D eigenvalue weighted by atomic mass is 16.2. The van der Waals surface area contributed by atoms with E-state index in [2.05, 4.69) is 32.2 Å². The first-order chi connectivity index (χ1) is 11.2. The molecule has 0 aromatic carbocycles. The van der Waals surface area contributed by atoms with Crippen molar-refractivity contribution in [1.29, 1.82) is 0 Å². The Bertz CT molecular complexity index is 852. The molecule has 3 aromatic rings. The first-order valence-electron chi connectivity index (χ1n) is 7.71. The molecular formula is C15H17N7O. The van der Waals surface area contributed by atoms with Crippen LogP contribution < -0.4 is 0 Å². The van der Waals surface area contributed by atoms with Gasteiger partial charge in [0.05, 0.1) is 12.1 Å². The minimum Gasteiger partial charge on any atom is -0.338 e. The fraction of sp³-hybridized carbons (Fsp3) is 0.400. The van der Waals surface area contributed by atoms with Gasteiger partial charge in [0.15, 0.2) is 0 Å². The summed E-state index contributed by atoms with van der Waals surface area (Å²) in [4.78, 5) is 22.7. The fourth-order valence-electron chi connectivity index (χ4n) is 3.00. The van der Waals surface area contributed by atoms with Crippen LogP contribution in [-0.2, 0) is 30.6 Å². The van der Waals surface area contributed by atoms with E-state index in [1.165, 1.54) is 11.9 Å². The van der Waals surface area contributed by atoms with E-state index in [1.54, 1.807) is 16.9 Å². The molecule has 0 saturated heterocycles. The molecule has 8 heteroatoms. The number of aromatic amines is 1. The molecule has 23 heavy (non-hydrogen) atoms. The molecule has 8 nitrogen and oxygen atoms in total. The van der Waals surface area contributed by atoms with Crippen molar-refractivity contribution in [2.45, 2.75) is 32.7 Å². The van der Waals surface area contributed by atoms with Gasteiger partial charge in [-0.25, -0.2) is 9.50 Å². The van der Waals surface area contributed by atoms with Crippen molar-refractivity contribution in [3.63, 3.8) is 0 Å². The summed E-state index contributed by atoms with van der Waals surface area (Å²) in [6.07, 6.45) is 6.96. The van der Waals surface area contributed by atoms with Crippen LogP contribution in [0.1, 0.15) is 29.4 Å². The number of hydrogen-bond donors (Lipinski definition) is 1. The van der Waals surface area contributed by atoms with Crippen LogP contribution in [0.15, 0.2) is 18.7 Å². The van der Waals surface area contributed by atoms with E-state index in [-0.39, 0.29) is 5.91 Å². The van der Waals surface area contributed by atoms with Crippen LogP contribution in [-0.4, -0.2) is 47.1 Å². The quantitative estimate of drug-likeness (QED) is 0.762. The number of carbonyl (C=O) groups is 1. The summed E-state index contributed by atoms with van der Waals surface area (Å²) in [6.45, 7) is 3.43. The monoisotopic (exact) mass is 311 g/mol. The van der Waals surface area contributed by atoms with Gasteiger partial charge in [-0.05, 0) is 12.0 Å². The molecule has 1 amide bonds. The molecule has 0 unspecified atom stereocenters. The van der Waals surface area contributed by atoms with Gasteiger partial charge in [-0.1, -0.05) is 6.92 Å². The lowest BCUT2D eigenvalue weighted by Gasteiger charge is -2.27. The molecule has 0 bridgehead atoms. The highest BCUT2D eigenvalue weighted by Crippen LogP contribution is 2.21. The van der Waals surface area contributed by atoms with Crippen LogP contribution in [0.4, 0.5) is 0 Å². The molecule has 1 aliphatic heterocycles. The number of rotatable bonds is 3. The summed E-state index contributed by atoms with van der Waals surface area (Å²) in [5, 5.41) is 11.5. The Hall–Kier alpha value is -2.77. The first-order valence-corrected chi connectivity index (χ1v) is 7.71. The SMILES string of the molecule is CCc1n[nH]c2c1CN(C(=O)Cc1cnc3ncnn3c1)CC2. The average molecular weight is 311 g/mol. The van der Waals surface area contributed by atoms with E-state index in [0.717, 1.165) is 36.3 Å². The number of nitrogens with zero attached hydrogens (tertiary/aromatic N) is 6. The zero-order chi connectivity index (χ0) is 15.8. The zero-order valence-electron chi connectivity index (χ0n) is 12.9. The Labute approximate surface area is 132 Å². The molecular weight excluding hydrogens is 294 g/mol. The Kier molecular flexibility index (Phi) is 3.29. The second-order valence-corrected chi connectivity index (χ2v) is 5.69. The minimum atomic E-state index is 0.0974. The van der Waals surface area contributed by atoms with E-state index in [0.29, 0.717) is 18.7 Å². The van der Waals surface area contributed by atoms with Crippen LogP contribution in [0.25, 0.3) is 5.78 Å². The highest BCUT2D eigenvalue weighted by Gasteiger charge is 2.24. The normalized spacial score (nSPS) is 14.2. The van der Waals surface area contributed by atoms with Gasteiger partial charge in [-0.2, -0.15) is 15.2 Å². The second kappa shape index (κ2) is 5.45. The Balaban J connectivity index is 1.51. The molecule has 0 radical (unpaired) electrons. The number of aryl methyl sites for hydroxylation is 1. The van der Waals surface area contributed by atoms with E-state index in [1.807, 2.05) is 4.90 Å². The van der Waals surface area contributed by atoms with Crippen LogP contribution in [0.5, 0.6) is 0 Å². The molecule has 3 aromatic heterocycles. The van der Waals surface area contributed by atoms with Gasteiger partial charge < -0.3 is 4.90 Å². The summed E-state index contributed by atoms with van der Waals surface area (Å²) in [6, 6.07) is 0. The van der Waals surface area contributed by atoms with Crippen LogP contribution in [0, 0.1) is 0 Å². The molecule has 0 aliphatic carbocycles. The number of amides is 1. The van der Waals surface area contributed by atoms with Crippen LogP contribution in [0.3, 0.4) is 0 Å². The number of carbonyl (C=O) groups excluding carboxylic acids is 1. The van der Waals surface area contributed by atoms with Crippen molar-refractivity contribution in [2.24, 2.45) is 0 Å². The fourth-order valence-corrected chi connectivity index (χ4v) is 3.00. The van der Waals surface area contributed by atoms with E-state index >= 15 is 0 Å². The van der Waals surface area contributed by atoms with Crippen molar-refractivity contribution in [3.8, 4) is 0 Å². The van der Waals surface area contributed by atoms with E-state index in [9.17, 15) is 4.79 Å². The maximum absolute atomic E-state index is 12.6. The first kappa shape index (κ1) is 13.9. The largest absolute Gasteiger partial charge is 0.338 e. The lowest BCUT2D eigenvalue weighted by Crippen LogP contribution is -2.37. The van der Waals surface area contributed by atoms with Gasteiger partial charge in [0.25, 0.3) is 5.78 Å². The van der Waals surface area contributed by atoms with Crippen molar-refractivity contribution in [2.75, 3.05) is 6.54 Å². The topological polar surface area (TPSA) is 92.1 Å². The molecule has 1 aliphatic rings. The van der Waals surface area contributed by atoms with Crippen molar-refractivity contribution in [1.82, 2.24) is 34.7 Å². The summed E-state index contributed by atoms with van der Waals surface area (Å²) in [5.41, 5.74) is 4.23. The van der Waals surface area contributed by atoms with Crippen LogP contribution >= 0.6 is 0 Å². The van der Waals surface area contributed by atoms with Crippen molar-refractivity contribution < 1.29 is 4.79 Å². The molecule has 118 valence electrons. The summed E-state index contributed by atoms with van der Waals surface area (Å²) in [5.74, 6) is 0.634. The highest BCUT2D eigenvalue weighted by molar-refractivity contribution is 5.79. The smallest absolute Gasteiger partial charge is 0.252 e. The third-order valence-electron chi connectivity index (χ3n) is 4.25. The number of H-pyrrole nitrogens is 1. The Morgan fingerprint density at radius 3 is 3.17 bits per heavy atom. The van der Waals surface area contributed by atoms with Gasteiger partial charge in [-0.15, -0.1) is 0 Å². The number of fused-ring (bicyclic) bond motifs is 2. The Morgan fingerprint density at radius 2 is 2.30 bits per heavy atom. The van der Waals surface area contributed by atoms with Crippen molar-refractivity contribution >= 4 is 11.7 Å². The molecule has 4 heterocycles. The molecule has 4 rings (SSSR count). The number of aromatic nitrogens is 6. The van der Waals surface area contributed by atoms with Gasteiger partial charge in [0.1, 0.15) is 6.33 Å². The standard InChI is InChI=1S/C15H17N7O/c1-2-12-11-8-21(4-3-13(11)20-19-12)14(23)5-10-6-16-15-17-9-18-22(15)7-10/h6-7,9H,2-5,8H2,1H3,(H,19,20). The van der Waals surface area contributed by atoms with E-state index < -0.39 is 0 Å². The second-order valence-electron chi connectivity index (χ2n) is 5.69. The maximum atomic E-state index is 12.6. The molecule has 0 fully saturated rings. The van der Waals surface area contributed by atoms with Gasteiger partial charge in [-0.3, -0.25) is 9.89 Å². The zero-order valence-corrected chi connectivity index (χ0v) is 12.9. The predicted octanol–water partition coefficient (Wildman–Crippen LogP) is 0.537. The molecule has 1 N–H and O–H groups in total. The minimum absolute atomic E-state index is 0.0974. The third kappa shape index (κ3) is 2.45. The lowest BCUT2D eigenvalue weighted by atomic mass is 10.0. The average Bonchev–Trinajstić information content (AvgIpc) is 3.19. The Morgan fingerprint density at radius 1 is 1.39 bits per heavy atom. The lowest BCUT2D eigenvalue weighted by molar-refractivity contribution is -0.131. The van der Waals surface area contributed by atoms with Gasteiger partial charge in [0, 0.05) is 43.2 Å². The molecule has 0 saturated carbocycles. The molecule has 0 atom stereocenters. The maximum Gasteiger partial charge on any atom is 0.252 e. The van der Waals surface area contributed by atoms with Crippen LogP contribution in [0.2, 0.25) is 0 Å². The van der Waals surface area contributed by atoms with E-state index in [4.69, 9.17) is 0 Å². The van der Waals surface area contributed by atoms with Gasteiger partial charge >= 0.3 is 0 Å².